The number of ether oxygens (including phenoxy) is 1. The van der Waals surface area contributed by atoms with Gasteiger partial charge in [-0.3, -0.25) is 0 Å². The molecule has 0 saturated carbocycles. The highest BCUT2D eigenvalue weighted by Crippen LogP contribution is 2.08. The van der Waals surface area contributed by atoms with E-state index in [9.17, 15) is 0 Å². The lowest BCUT2D eigenvalue weighted by atomic mass is 10.5. The minimum absolute atomic E-state index is 0.585. The van der Waals surface area contributed by atoms with Gasteiger partial charge in [-0.25, -0.2) is 4.98 Å². The van der Waals surface area contributed by atoms with E-state index in [4.69, 9.17) is 11.2 Å². The Morgan fingerprint density at radius 1 is 1.73 bits per heavy atom. The molecule has 0 aromatic carbocycles. The molecule has 0 unspecified atom stereocenters. The fraction of sp³-hybridized carbons (Fsp3) is 0.375. The summed E-state index contributed by atoms with van der Waals surface area (Å²) in [6.07, 6.45) is 7.08. The maximum atomic E-state index is 5.20. The third-order valence-electron chi connectivity index (χ3n) is 1.71. The van der Waals surface area contributed by atoms with Crippen molar-refractivity contribution < 1.29 is 4.74 Å². The van der Waals surface area contributed by atoms with Crippen LogP contribution < -0.4 is 0 Å². The smallest absolute Gasteiger partial charge is 0.136 e. The Labute approximate surface area is 65.0 Å². The van der Waals surface area contributed by atoms with Crippen LogP contribution in [0.4, 0.5) is 0 Å². The number of terminal acetylenes is 1. The van der Waals surface area contributed by atoms with Gasteiger partial charge in [0.25, 0.3) is 0 Å². The lowest BCUT2D eigenvalue weighted by Crippen LogP contribution is -2.15. The molecule has 3 heteroatoms. The van der Waals surface area contributed by atoms with Crippen LogP contribution in [-0.4, -0.2) is 16.2 Å². The number of nitrogens with zero attached hydrogens (tertiary/aromatic N) is 2. The second-order valence-electron chi connectivity index (χ2n) is 2.43. The zero-order valence-corrected chi connectivity index (χ0v) is 6.08. The molecule has 56 valence electrons. The monoisotopic (exact) mass is 148 g/mol. The van der Waals surface area contributed by atoms with Gasteiger partial charge in [0.2, 0.25) is 0 Å². The van der Waals surface area contributed by atoms with Gasteiger partial charge in [0.05, 0.1) is 6.61 Å². The van der Waals surface area contributed by atoms with Crippen molar-refractivity contribution in [1.29, 1.82) is 0 Å². The van der Waals surface area contributed by atoms with Crippen molar-refractivity contribution >= 4 is 0 Å². The molecule has 0 spiro atoms. The van der Waals surface area contributed by atoms with Crippen molar-refractivity contribution in [3.8, 4) is 12.3 Å². The highest BCUT2D eigenvalue weighted by atomic mass is 16.5. The van der Waals surface area contributed by atoms with E-state index in [0.717, 1.165) is 19.0 Å². The largest absolute Gasteiger partial charge is 0.372 e. The molecule has 0 fully saturated rings. The van der Waals surface area contributed by atoms with E-state index in [1.807, 2.05) is 10.8 Å². The molecule has 0 amide bonds. The molecule has 2 rings (SSSR count). The van der Waals surface area contributed by atoms with Gasteiger partial charge in [0.15, 0.2) is 0 Å². The van der Waals surface area contributed by atoms with Crippen LogP contribution in [0.3, 0.4) is 0 Å². The molecule has 3 nitrogen and oxygen atoms in total. The zero-order chi connectivity index (χ0) is 7.68. The fourth-order valence-corrected chi connectivity index (χ4v) is 1.16. The van der Waals surface area contributed by atoms with Crippen LogP contribution in [0.25, 0.3) is 0 Å². The summed E-state index contributed by atoms with van der Waals surface area (Å²) < 4.78 is 7.24. The summed E-state index contributed by atoms with van der Waals surface area (Å²) >= 11 is 0. The van der Waals surface area contributed by atoms with Crippen molar-refractivity contribution in [3.05, 3.63) is 17.7 Å². The highest BCUT2D eigenvalue weighted by Gasteiger charge is 2.10. The average molecular weight is 148 g/mol. The maximum Gasteiger partial charge on any atom is 0.136 e. The van der Waals surface area contributed by atoms with Crippen LogP contribution in [0.1, 0.15) is 11.5 Å². The third kappa shape index (κ3) is 1.02. The Morgan fingerprint density at radius 3 is 3.36 bits per heavy atom. The Morgan fingerprint density at radius 2 is 2.64 bits per heavy atom. The lowest BCUT2D eigenvalue weighted by molar-refractivity contribution is 0.0816. The minimum atomic E-state index is 0.585. The van der Waals surface area contributed by atoms with Crippen LogP contribution in [0.2, 0.25) is 0 Å². The SMILES string of the molecule is C#Cc1cn2c(n1)COCC2. The van der Waals surface area contributed by atoms with Gasteiger partial charge < -0.3 is 9.30 Å². The van der Waals surface area contributed by atoms with Gasteiger partial charge in [0.1, 0.15) is 18.1 Å². The first-order valence-corrected chi connectivity index (χ1v) is 3.50. The topological polar surface area (TPSA) is 27.1 Å². The Balaban J connectivity index is 2.42. The lowest BCUT2D eigenvalue weighted by Gasteiger charge is -2.12. The first-order valence-electron chi connectivity index (χ1n) is 3.50. The number of fused-ring (bicyclic) bond motifs is 1. The summed E-state index contributed by atoms with van der Waals surface area (Å²) in [5.74, 6) is 3.43. The van der Waals surface area contributed by atoms with Gasteiger partial charge in [0, 0.05) is 12.7 Å². The van der Waals surface area contributed by atoms with Crippen molar-refractivity contribution in [2.75, 3.05) is 6.61 Å². The van der Waals surface area contributed by atoms with Crippen molar-refractivity contribution in [3.63, 3.8) is 0 Å². The van der Waals surface area contributed by atoms with Gasteiger partial charge in [-0.05, 0) is 5.92 Å². The summed E-state index contributed by atoms with van der Waals surface area (Å²) in [6.45, 7) is 2.21. The summed E-state index contributed by atoms with van der Waals surface area (Å²) in [5.41, 5.74) is 0.700. The molecule has 0 atom stereocenters. The number of aromatic nitrogens is 2. The Hall–Kier alpha value is -1.27. The molecule has 0 saturated heterocycles. The van der Waals surface area contributed by atoms with E-state index < -0.39 is 0 Å². The fourth-order valence-electron chi connectivity index (χ4n) is 1.16. The molecular weight excluding hydrogens is 140 g/mol. The number of hydrogen-bond acceptors (Lipinski definition) is 2. The molecule has 0 bridgehead atoms. The van der Waals surface area contributed by atoms with E-state index in [1.165, 1.54) is 0 Å². The van der Waals surface area contributed by atoms with Crippen LogP contribution >= 0.6 is 0 Å². The Bertz CT molecular complexity index is 285. The van der Waals surface area contributed by atoms with Crippen molar-refractivity contribution in [2.45, 2.75) is 13.2 Å². The van der Waals surface area contributed by atoms with Crippen LogP contribution in [0, 0.1) is 12.3 Å². The second kappa shape index (κ2) is 2.40. The predicted molar refractivity (Wildman–Crippen MR) is 39.8 cm³/mol. The normalized spacial score (nSPS) is 15.5. The van der Waals surface area contributed by atoms with E-state index in [2.05, 4.69) is 10.9 Å². The number of hydrogen-bond donors (Lipinski definition) is 0. The van der Waals surface area contributed by atoms with Crippen molar-refractivity contribution in [1.82, 2.24) is 9.55 Å². The molecule has 0 N–H and O–H groups in total. The van der Waals surface area contributed by atoms with Gasteiger partial charge in [-0.1, -0.05) is 0 Å². The van der Waals surface area contributed by atoms with Crippen LogP contribution in [-0.2, 0) is 17.9 Å². The van der Waals surface area contributed by atoms with E-state index in [1.54, 1.807) is 0 Å². The summed E-state index contributed by atoms with van der Waals surface area (Å²) in [4.78, 5) is 4.17. The number of rotatable bonds is 0. The number of imidazole rings is 1. The van der Waals surface area contributed by atoms with E-state index in [-0.39, 0.29) is 0 Å². The average Bonchev–Trinajstić information content (AvgIpc) is 2.46. The Kier molecular flexibility index (Phi) is 1.41. The van der Waals surface area contributed by atoms with Crippen LogP contribution in [0.15, 0.2) is 6.20 Å². The van der Waals surface area contributed by atoms with E-state index >= 15 is 0 Å². The molecule has 1 aliphatic heterocycles. The predicted octanol–water partition coefficient (Wildman–Crippen LogP) is 0.395. The van der Waals surface area contributed by atoms with Gasteiger partial charge in [-0.2, -0.15) is 0 Å². The third-order valence-corrected chi connectivity index (χ3v) is 1.71. The summed E-state index contributed by atoms with van der Waals surface area (Å²) in [7, 11) is 0. The molecule has 0 radical (unpaired) electrons. The van der Waals surface area contributed by atoms with E-state index in [0.29, 0.717) is 12.3 Å². The standard InChI is InChI=1S/C8H8N2O/c1-2-7-5-10-3-4-11-6-8(10)9-7/h1,5H,3-4,6H2. The molecule has 1 aromatic heterocycles. The molecule has 1 aromatic rings. The molecule has 11 heavy (non-hydrogen) atoms. The van der Waals surface area contributed by atoms with Crippen LogP contribution in [0.5, 0.6) is 0 Å². The first kappa shape index (κ1) is 6.44. The van der Waals surface area contributed by atoms with Gasteiger partial charge >= 0.3 is 0 Å². The summed E-state index contributed by atoms with van der Waals surface area (Å²) in [6, 6.07) is 0. The molecular formula is C8H8N2O. The van der Waals surface area contributed by atoms with Crippen molar-refractivity contribution in [2.24, 2.45) is 0 Å². The van der Waals surface area contributed by atoms with Gasteiger partial charge in [-0.15, -0.1) is 6.42 Å². The molecule has 0 aliphatic carbocycles. The second-order valence-corrected chi connectivity index (χ2v) is 2.43. The highest BCUT2D eigenvalue weighted by molar-refractivity contribution is 5.23. The first-order chi connectivity index (χ1) is 5.40. The molecule has 1 aliphatic rings. The maximum absolute atomic E-state index is 5.20. The summed E-state index contributed by atoms with van der Waals surface area (Å²) in [5, 5.41) is 0. The quantitative estimate of drug-likeness (QED) is 0.498. The minimum Gasteiger partial charge on any atom is -0.372 e. The zero-order valence-electron chi connectivity index (χ0n) is 6.08. The molecule has 2 heterocycles.